The highest BCUT2D eigenvalue weighted by atomic mass is 35.5. The van der Waals surface area contributed by atoms with E-state index >= 15 is 0 Å². The molecule has 0 aromatic carbocycles. The second-order valence-electron chi connectivity index (χ2n) is 4.75. The second-order valence-corrected chi connectivity index (χ2v) is 5.09. The summed E-state index contributed by atoms with van der Waals surface area (Å²) in [5.41, 5.74) is 0.857. The van der Waals surface area contributed by atoms with E-state index < -0.39 is 0 Å². The monoisotopic (exact) mass is 250 g/mol. The predicted octanol–water partition coefficient (Wildman–Crippen LogP) is 3.06. The van der Waals surface area contributed by atoms with E-state index in [4.69, 9.17) is 11.6 Å². The maximum atomic E-state index is 5.83. The van der Waals surface area contributed by atoms with Crippen LogP contribution in [0, 0.1) is 5.92 Å². The quantitative estimate of drug-likeness (QED) is 0.770. The Bertz CT molecular complexity index is 516. The summed E-state index contributed by atoms with van der Waals surface area (Å²) in [6.45, 7) is 0.955. The van der Waals surface area contributed by atoms with E-state index in [0.717, 1.165) is 23.5 Å². The number of nitrogens with zero attached hydrogens (tertiary/aromatic N) is 4. The predicted molar refractivity (Wildman–Crippen MR) is 66.9 cm³/mol. The van der Waals surface area contributed by atoms with E-state index in [-0.39, 0.29) is 0 Å². The van der Waals surface area contributed by atoms with Crippen LogP contribution >= 0.6 is 11.6 Å². The highest BCUT2D eigenvalue weighted by Crippen LogP contribution is 2.25. The highest BCUT2D eigenvalue weighted by molar-refractivity contribution is 6.28. The summed E-state index contributed by atoms with van der Waals surface area (Å²) in [6.07, 6.45) is 10.2. The molecular formula is C12H15ClN4. The molecule has 1 saturated carbocycles. The topological polar surface area (TPSA) is 43.6 Å². The molecule has 1 aliphatic carbocycles. The van der Waals surface area contributed by atoms with Crippen LogP contribution < -0.4 is 0 Å². The lowest BCUT2D eigenvalue weighted by atomic mass is 9.89. The van der Waals surface area contributed by atoms with Crippen molar-refractivity contribution in [2.45, 2.75) is 38.6 Å². The summed E-state index contributed by atoms with van der Waals surface area (Å²) in [5, 5.41) is 5.64. The van der Waals surface area contributed by atoms with E-state index in [2.05, 4.69) is 15.1 Å². The zero-order valence-electron chi connectivity index (χ0n) is 9.64. The molecule has 3 rings (SSSR count). The van der Waals surface area contributed by atoms with E-state index in [9.17, 15) is 0 Å². The van der Waals surface area contributed by atoms with Crippen LogP contribution in [-0.4, -0.2) is 19.7 Å². The lowest BCUT2D eigenvalue weighted by Gasteiger charge is -2.21. The maximum absolute atomic E-state index is 5.83. The van der Waals surface area contributed by atoms with Crippen LogP contribution in [-0.2, 0) is 6.54 Å². The number of halogens is 1. The molecule has 0 bridgehead atoms. The lowest BCUT2D eigenvalue weighted by Crippen LogP contribution is -2.15. The minimum Gasteiger partial charge on any atom is -0.247 e. The maximum Gasteiger partial charge on any atom is 0.224 e. The summed E-state index contributed by atoms with van der Waals surface area (Å²) in [5.74, 6) is 0.737. The van der Waals surface area contributed by atoms with Gasteiger partial charge in [0.2, 0.25) is 5.28 Å². The van der Waals surface area contributed by atoms with Gasteiger partial charge in [-0.05, 0) is 30.4 Å². The van der Waals surface area contributed by atoms with Crippen molar-refractivity contribution in [3.05, 3.63) is 17.7 Å². The van der Waals surface area contributed by atoms with Gasteiger partial charge in [-0.25, -0.2) is 9.67 Å². The van der Waals surface area contributed by atoms with Gasteiger partial charge in [0.05, 0.1) is 11.6 Å². The van der Waals surface area contributed by atoms with Crippen LogP contribution in [0.15, 0.2) is 12.4 Å². The van der Waals surface area contributed by atoms with Gasteiger partial charge >= 0.3 is 0 Å². The van der Waals surface area contributed by atoms with E-state index in [0.29, 0.717) is 5.28 Å². The average Bonchev–Trinajstić information content (AvgIpc) is 2.73. The SMILES string of the molecule is Clc1ncc2cnn(CC3CCCCC3)c2n1. The molecule has 4 nitrogen and oxygen atoms in total. The Kier molecular flexibility index (Phi) is 2.97. The molecule has 0 amide bonds. The summed E-state index contributed by atoms with van der Waals surface area (Å²) < 4.78 is 1.97. The fourth-order valence-corrected chi connectivity index (χ4v) is 2.72. The average molecular weight is 251 g/mol. The number of rotatable bonds is 2. The number of fused-ring (bicyclic) bond motifs is 1. The van der Waals surface area contributed by atoms with Crippen LogP contribution in [0.5, 0.6) is 0 Å². The molecular weight excluding hydrogens is 236 g/mol. The molecule has 17 heavy (non-hydrogen) atoms. The first-order chi connectivity index (χ1) is 8.33. The Morgan fingerprint density at radius 1 is 1.24 bits per heavy atom. The molecule has 0 saturated heterocycles. The molecule has 5 heteroatoms. The summed E-state index contributed by atoms with van der Waals surface area (Å²) in [6, 6.07) is 0. The molecule has 2 aromatic rings. The number of aromatic nitrogens is 4. The Morgan fingerprint density at radius 2 is 2.06 bits per heavy atom. The van der Waals surface area contributed by atoms with Crippen LogP contribution in [0.4, 0.5) is 0 Å². The molecule has 0 atom stereocenters. The number of hydrogen-bond acceptors (Lipinski definition) is 3. The van der Waals surface area contributed by atoms with Gasteiger partial charge in [0.25, 0.3) is 0 Å². The van der Waals surface area contributed by atoms with Crippen molar-refractivity contribution in [3.63, 3.8) is 0 Å². The summed E-state index contributed by atoms with van der Waals surface area (Å²) >= 11 is 5.83. The third-order valence-electron chi connectivity index (χ3n) is 3.50. The third kappa shape index (κ3) is 2.27. The van der Waals surface area contributed by atoms with Gasteiger partial charge in [-0.15, -0.1) is 0 Å². The molecule has 1 aliphatic rings. The second kappa shape index (κ2) is 4.61. The van der Waals surface area contributed by atoms with Crippen molar-refractivity contribution in [3.8, 4) is 0 Å². The lowest BCUT2D eigenvalue weighted by molar-refractivity contribution is 0.311. The van der Waals surface area contributed by atoms with Crippen molar-refractivity contribution in [1.82, 2.24) is 19.7 Å². The minimum atomic E-state index is 0.294. The van der Waals surface area contributed by atoms with Gasteiger partial charge in [0.1, 0.15) is 0 Å². The minimum absolute atomic E-state index is 0.294. The van der Waals surface area contributed by atoms with Crippen molar-refractivity contribution in [1.29, 1.82) is 0 Å². The van der Waals surface area contributed by atoms with Gasteiger partial charge in [0, 0.05) is 12.7 Å². The normalized spacial score (nSPS) is 17.7. The van der Waals surface area contributed by atoms with Crippen LogP contribution in [0.2, 0.25) is 5.28 Å². The molecule has 0 N–H and O–H groups in total. The zero-order valence-corrected chi connectivity index (χ0v) is 10.4. The van der Waals surface area contributed by atoms with Gasteiger partial charge in [-0.2, -0.15) is 10.1 Å². The molecule has 0 radical (unpaired) electrons. The van der Waals surface area contributed by atoms with Gasteiger partial charge in [-0.1, -0.05) is 19.3 Å². The Balaban J connectivity index is 1.86. The molecule has 90 valence electrons. The molecule has 0 unspecified atom stereocenters. The summed E-state index contributed by atoms with van der Waals surface area (Å²) in [4.78, 5) is 8.22. The zero-order chi connectivity index (χ0) is 11.7. The van der Waals surface area contributed by atoms with E-state index in [1.54, 1.807) is 6.20 Å². The van der Waals surface area contributed by atoms with Crippen molar-refractivity contribution in [2.75, 3.05) is 0 Å². The smallest absolute Gasteiger partial charge is 0.224 e. The van der Waals surface area contributed by atoms with Gasteiger partial charge < -0.3 is 0 Å². The Labute approximate surface area is 105 Å². The van der Waals surface area contributed by atoms with Gasteiger partial charge in [-0.3, -0.25) is 0 Å². The molecule has 0 aliphatic heterocycles. The molecule has 2 heterocycles. The van der Waals surface area contributed by atoms with Gasteiger partial charge in [0.15, 0.2) is 5.65 Å². The van der Waals surface area contributed by atoms with Crippen molar-refractivity contribution < 1.29 is 0 Å². The molecule has 2 aromatic heterocycles. The third-order valence-corrected chi connectivity index (χ3v) is 3.69. The number of hydrogen-bond donors (Lipinski definition) is 0. The van der Waals surface area contributed by atoms with Crippen molar-refractivity contribution in [2.24, 2.45) is 5.92 Å². The molecule has 1 fully saturated rings. The first-order valence-electron chi connectivity index (χ1n) is 6.17. The largest absolute Gasteiger partial charge is 0.247 e. The van der Waals surface area contributed by atoms with E-state index in [1.165, 1.54) is 32.1 Å². The fraction of sp³-hybridized carbons (Fsp3) is 0.583. The standard InChI is InChI=1S/C12H15ClN4/c13-12-14-6-10-7-15-17(11(10)16-12)8-9-4-2-1-3-5-9/h6-7,9H,1-5,8H2. The molecule has 0 spiro atoms. The first kappa shape index (κ1) is 11.0. The van der Waals surface area contributed by atoms with Crippen LogP contribution in [0.25, 0.3) is 11.0 Å². The van der Waals surface area contributed by atoms with Crippen molar-refractivity contribution >= 4 is 22.6 Å². The first-order valence-corrected chi connectivity index (χ1v) is 6.55. The Morgan fingerprint density at radius 3 is 2.88 bits per heavy atom. The highest BCUT2D eigenvalue weighted by Gasteiger charge is 2.16. The summed E-state index contributed by atoms with van der Waals surface area (Å²) in [7, 11) is 0. The fourth-order valence-electron chi connectivity index (χ4n) is 2.59. The Hall–Kier alpha value is -1.16. The van der Waals surface area contributed by atoms with Crippen LogP contribution in [0.1, 0.15) is 32.1 Å². The van der Waals surface area contributed by atoms with Crippen LogP contribution in [0.3, 0.4) is 0 Å². The van der Waals surface area contributed by atoms with E-state index in [1.807, 2.05) is 10.9 Å².